The lowest BCUT2D eigenvalue weighted by Crippen LogP contribution is -2.20. The van der Waals surface area contributed by atoms with Gasteiger partial charge in [0.15, 0.2) is 0 Å². The molecule has 0 aliphatic carbocycles. The Morgan fingerprint density at radius 3 is 2.47 bits per heavy atom. The van der Waals surface area contributed by atoms with Crippen LogP contribution in [0.2, 0.25) is 0 Å². The second-order valence-electron chi connectivity index (χ2n) is 5.92. The van der Waals surface area contributed by atoms with E-state index in [4.69, 9.17) is 0 Å². The van der Waals surface area contributed by atoms with Crippen LogP contribution in [0.5, 0.6) is 0 Å². The van der Waals surface area contributed by atoms with Gasteiger partial charge in [-0.15, -0.1) is 5.10 Å². The van der Waals surface area contributed by atoms with E-state index in [1.807, 2.05) is 16.8 Å². The zero-order valence-electron chi connectivity index (χ0n) is 12.2. The molecule has 0 spiro atoms. The smallest absolute Gasteiger partial charge is 0.112 e. The van der Waals surface area contributed by atoms with Gasteiger partial charge in [-0.3, -0.25) is 0 Å². The first kappa shape index (κ1) is 13.7. The summed E-state index contributed by atoms with van der Waals surface area (Å²) in [5.74, 6) is 0. The minimum absolute atomic E-state index is 0.0858. The van der Waals surface area contributed by atoms with Gasteiger partial charge in [-0.25, -0.2) is 4.68 Å². The first-order chi connectivity index (χ1) is 8.86. The van der Waals surface area contributed by atoms with Gasteiger partial charge in [0.2, 0.25) is 0 Å². The van der Waals surface area contributed by atoms with Gasteiger partial charge in [0, 0.05) is 5.41 Å². The number of rotatable bonds is 2. The van der Waals surface area contributed by atoms with Crippen LogP contribution in [0.15, 0.2) is 18.2 Å². The first-order valence-corrected chi connectivity index (χ1v) is 6.48. The summed E-state index contributed by atoms with van der Waals surface area (Å²) in [4.78, 5) is 0. The zero-order chi connectivity index (χ0) is 14.2. The summed E-state index contributed by atoms with van der Waals surface area (Å²) in [7, 11) is 0. The molecule has 4 heteroatoms. The van der Waals surface area contributed by atoms with Crippen molar-refractivity contribution in [1.82, 2.24) is 15.0 Å². The monoisotopic (exact) mass is 259 g/mol. The Balaban J connectivity index is 2.70. The van der Waals surface area contributed by atoms with Crippen LogP contribution in [0.4, 0.5) is 0 Å². The van der Waals surface area contributed by atoms with Crippen molar-refractivity contribution in [2.45, 2.75) is 46.6 Å². The maximum Gasteiger partial charge on any atom is 0.112 e. The summed E-state index contributed by atoms with van der Waals surface area (Å²) < 4.78 is 1.86. The van der Waals surface area contributed by atoms with E-state index in [9.17, 15) is 5.11 Å². The van der Waals surface area contributed by atoms with E-state index >= 15 is 0 Å². The number of nitrogens with zero attached hydrogens (tertiary/aromatic N) is 3. The van der Waals surface area contributed by atoms with Gasteiger partial charge in [-0.1, -0.05) is 38.1 Å². The molecule has 0 fully saturated rings. The van der Waals surface area contributed by atoms with Crippen LogP contribution in [-0.2, 0) is 12.0 Å². The van der Waals surface area contributed by atoms with Crippen LogP contribution in [0, 0.1) is 13.8 Å². The zero-order valence-corrected chi connectivity index (χ0v) is 12.2. The summed E-state index contributed by atoms with van der Waals surface area (Å²) in [5.41, 5.74) is 4.91. The van der Waals surface area contributed by atoms with Crippen molar-refractivity contribution in [2.24, 2.45) is 0 Å². The third-order valence-corrected chi connectivity index (χ3v) is 3.40. The number of aliphatic hydroxyl groups is 1. The molecule has 2 rings (SSSR count). The van der Waals surface area contributed by atoms with Gasteiger partial charge in [0.1, 0.15) is 5.69 Å². The van der Waals surface area contributed by atoms with Gasteiger partial charge in [-0.2, -0.15) is 0 Å². The highest BCUT2D eigenvalue weighted by atomic mass is 16.3. The topological polar surface area (TPSA) is 50.9 Å². The molecule has 0 amide bonds. The Bertz CT molecular complexity index is 594. The molecule has 1 N–H and O–H groups in total. The van der Waals surface area contributed by atoms with Crippen LogP contribution >= 0.6 is 0 Å². The van der Waals surface area contributed by atoms with Gasteiger partial charge in [0.25, 0.3) is 0 Å². The third kappa shape index (κ3) is 2.40. The lowest BCUT2D eigenvalue weighted by molar-refractivity contribution is 0.273. The summed E-state index contributed by atoms with van der Waals surface area (Å²) in [6, 6.07) is 6.14. The molecular weight excluding hydrogens is 238 g/mol. The Morgan fingerprint density at radius 2 is 1.89 bits per heavy atom. The fourth-order valence-electron chi connectivity index (χ4n) is 2.30. The van der Waals surface area contributed by atoms with Crippen molar-refractivity contribution in [1.29, 1.82) is 0 Å². The Morgan fingerprint density at radius 1 is 1.21 bits per heavy atom. The third-order valence-electron chi connectivity index (χ3n) is 3.40. The van der Waals surface area contributed by atoms with Crippen LogP contribution in [-0.4, -0.2) is 20.1 Å². The molecular formula is C15H21N3O. The van der Waals surface area contributed by atoms with Crippen LogP contribution in [0.3, 0.4) is 0 Å². The predicted molar refractivity (Wildman–Crippen MR) is 75.5 cm³/mol. The maximum atomic E-state index is 9.45. The summed E-state index contributed by atoms with van der Waals surface area (Å²) in [6.07, 6.45) is 0. The van der Waals surface area contributed by atoms with E-state index in [-0.39, 0.29) is 12.0 Å². The van der Waals surface area contributed by atoms with Crippen molar-refractivity contribution in [3.63, 3.8) is 0 Å². The molecule has 102 valence electrons. The molecule has 0 aliphatic rings. The predicted octanol–water partition coefficient (Wildman–Crippen LogP) is 2.67. The average molecular weight is 259 g/mol. The van der Waals surface area contributed by atoms with E-state index in [1.54, 1.807) is 0 Å². The first-order valence-electron chi connectivity index (χ1n) is 6.48. The van der Waals surface area contributed by atoms with Gasteiger partial charge < -0.3 is 5.11 Å². The van der Waals surface area contributed by atoms with E-state index in [2.05, 4.69) is 51.0 Å². The molecule has 1 aromatic heterocycles. The van der Waals surface area contributed by atoms with Crippen molar-refractivity contribution >= 4 is 0 Å². The van der Waals surface area contributed by atoms with Crippen molar-refractivity contribution in [3.8, 4) is 5.69 Å². The minimum atomic E-state index is -0.127. The van der Waals surface area contributed by atoms with Crippen molar-refractivity contribution < 1.29 is 5.11 Å². The Hall–Kier alpha value is -1.68. The van der Waals surface area contributed by atoms with Crippen molar-refractivity contribution in [2.75, 3.05) is 0 Å². The van der Waals surface area contributed by atoms with Gasteiger partial charge >= 0.3 is 0 Å². The number of aromatic nitrogens is 3. The quantitative estimate of drug-likeness (QED) is 0.902. The standard InChI is InChI=1S/C15H21N3O/c1-10-7-6-8-13(11(10)2)18-14(15(3,4)5)12(9-19)16-17-18/h6-8,19H,9H2,1-5H3. The number of hydrogen-bond acceptors (Lipinski definition) is 3. The van der Waals surface area contributed by atoms with Crippen molar-refractivity contribution in [3.05, 3.63) is 40.7 Å². The molecule has 2 aromatic rings. The summed E-state index contributed by atoms with van der Waals surface area (Å²) in [5, 5.41) is 17.8. The number of benzene rings is 1. The molecule has 4 nitrogen and oxygen atoms in total. The molecule has 0 unspecified atom stereocenters. The lowest BCUT2D eigenvalue weighted by atomic mass is 9.90. The van der Waals surface area contributed by atoms with E-state index < -0.39 is 0 Å². The van der Waals surface area contributed by atoms with Crippen LogP contribution in [0.1, 0.15) is 43.3 Å². The highest BCUT2D eigenvalue weighted by molar-refractivity contribution is 5.46. The molecule has 1 heterocycles. The molecule has 0 saturated heterocycles. The molecule has 19 heavy (non-hydrogen) atoms. The molecule has 0 bridgehead atoms. The molecule has 1 aromatic carbocycles. The van der Waals surface area contributed by atoms with Crippen LogP contribution < -0.4 is 0 Å². The molecule has 0 atom stereocenters. The van der Waals surface area contributed by atoms with Crippen LogP contribution in [0.25, 0.3) is 5.69 Å². The summed E-state index contributed by atoms with van der Waals surface area (Å²) in [6.45, 7) is 10.4. The molecule has 0 saturated carbocycles. The second kappa shape index (κ2) is 4.78. The Kier molecular flexibility index (Phi) is 3.45. The second-order valence-corrected chi connectivity index (χ2v) is 5.92. The van der Waals surface area contributed by atoms with Gasteiger partial charge in [-0.05, 0) is 31.0 Å². The molecule has 0 radical (unpaired) electrons. The number of aryl methyl sites for hydroxylation is 1. The van der Waals surface area contributed by atoms with E-state index in [0.717, 1.165) is 11.4 Å². The lowest BCUT2D eigenvalue weighted by Gasteiger charge is -2.22. The SMILES string of the molecule is Cc1cccc(-n2nnc(CO)c2C(C)(C)C)c1C. The minimum Gasteiger partial charge on any atom is -0.390 e. The Labute approximate surface area is 114 Å². The number of hydrogen-bond donors (Lipinski definition) is 1. The maximum absolute atomic E-state index is 9.45. The fourth-order valence-corrected chi connectivity index (χ4v) is 2.30. The number of aliphatic hydroxyl groups excluding tert-OH is 1. The van der Waals surface area contributed by atoms with E-state index in [1.165, 1.54) is 11.1 Å². The summed E-state index contributed by atoms with van der Waals surface area (Å²) >= 11 is 0. The van der Waals surface area contributed by atoms with Gasteiger partial charge in [0.05, 0.1) is 18.0 Å². The van der Waals surface area contributed by atoms with E-state index in [0.29, 0.717) is 5.69 Å². The highest BCUT2D eigenvalue weighted by Gasteiger charge is 2.26. The largest absolute Gasteiger partial charge is 0.390 e. The highest BCUT2D eigenvalue weighted by Crippen LogP contribution is 2.28. The molecule has 0 aliphatic heterocycles. The fraction of sp³-hybridized carbons (Fsp3) is 0.467. The average Bonchev–Trinajstić information content (AvgIpc) is 2.76. The normalized spacial score (nSPS) is 11.9.